The molecule has 6 nitrogen and oxygen atoms in total. The van der Waals surface area contributed by atoms with Crippen LogP contribution in [0.4, 0.5) is 16.8 Å². The Morgan fingerprint density at radius 3 is 2.71 bits per heavy atom. The first kappa shape index (κ1) is 12.5. The molecular weight excluding hydrogens is 286 g/mol. The van der Waals surface area contributed by atoms with Gasteiger partial charge in [-0.25, -0.2) is 4.98 Å². The van der Waals surface area contributed by atoms with E-state index in [1.165, 1.54) is 0 Å². The topological polar surface area (TPSA) is 71.4 Å². The Balaban J connectivity index is 1.52. The first-order chi connectivity index (χ1) is 10.3. The lowest BCUT2D eigenvalue weighted by molar-refractivity contribution is 0.541. The van der Waals surface area contributed by atoms with Crippen molar-refractivity contribution in [1.29, 1.82) is 0 Å². The Labute approximate surface area is 125 Å². The standard InChI is InChI=1S/C14H15N5OS/c15-10-1-2-12-11(9-10)17-13(20-12)18-4-6-19(7-5-18)14-16-3-8-21-14/h1-3,8-9H,4-7,15H2. The molecular formula is C14H15N5OS. The van der Waals surface area contributed by atoms with Crippen LogP contribution in [0.1, 0.15) is 0 Å². The lowest BCUT2D eigenvalue weighted by atomic mass is 10.3. The Morgan fingerprint density at radius 2 is 1.95 bits per heavy atom. The highest BCUT2D eigenvalue weighted by Crippen LogP contribution is 2.26. The van der Waals surface area contributed by atoms with Crippen molar-refractivity contribution < 1.29 is 4.42 Å². The molecule has 0 atom stereocenters. The molecule has 0 aliphatic carbocycles. The fraction of sp³-hybridized carbons (Fsp3) is 0.286. The molecule has 2 aromatic heterocycles. The molecule has 1 aromatic carbocycles. The Morgan fingerprint density at radius 1 is 1.14 bits per heavy atom. The van der Waals surface area contributed by atoms with E-state index in [2.05, 4.69) is 19.8 Å². The van der Waals surface area contributed by atoms with Crippen LogP contribution in [0.25, 0.3) is 11.1 Å². The molecule has 108 valence electrons. The van der Waals surface area contributed by atoms with Crippen molar-refractivity contribution in [2.45, 2.75) is 0 Å². The molecule has 21 heavy (non-hydrogen) atoms. The van der Waals surface area contributed by atoms with Crippen LogP contribution in [0.15, 0.2) is 34.2 Å². The Hall–Kier alpha value is -2.28. The predicted molar refractivity (Wildman–Crippen MR) is 85.0 cm³/mol. The monoisotopic (exact) mass is 301 g/mol. The second-order valence-electron chi connectivity index (χ2n) is 5.01. The van der Waals surface area contributed by atoms with Gasteiger partial charge in [0.2, 0.25) is 0 Å². The number of nitrogen functional groups attached to an aromatic ring is 1. The van der Waals surface area contributed by atoms with Gasteiger partial charge in [-0.2, -0.15) is 4.98 Å². The van der Waals surface area contributed by atoms with Gasteiger partial charge in [0.1, 0.15) is 5.52 Å². The summed E-state index contributed by atoms with van der Waals surface area (Å²) in [4.78, 5) is 13.3. The molecule has 4 rings (SSSR count). The van der Waals surface area contributed by atoms with Gasteiger partial charge >= 0.3 is 0 Å². The van der Waals surface area contributed by atoms with E-state index >= 15 is 0 Å². The van der Waals surface area contributed by atoms with Crippen LogP contribution in [0.5, 0.6) is 0 Å². The van der Waals surface area contributed by atoms with Crippen LogP contribution in [0.3, 0.4) is 0 Å². The van der Waals surface area contributed by atoms with E-state index in [9.17, 15) is 0 Å². The molecule has 0 radical (unpaired) electrons. The van der Waals surface area contributed by atoms with Crippen molar-refractivity contribution in [3.63, 3.8) is 0 Å². The summed E-state index contributed by atoms with van der Waals surface area (Å²) < 4.78 is 5.82. The first-order valence-corrected chi connectivity index (χ1v) is 7.73. The number of hydrogen-bond donors (Lipinski definition) is 1. The maximum absolute atomic E-state index is 5.82. The second kappa shape index (κ2) is 4.92. The number of nitrogens with two attached hydrogens (primary N) is 1. The summed E-state index contributed by atoms with van der Waals surface area (Å²) in [6, 6.07) is 6.22. The van der Waals surface area contributed by atoms with Gasteiger partial charge in [0.05, 0.1) is 0 Å². The number of fused-ring (bicyclic) bond motifs is 1. The number of rotatable bonds is 2. The molecule has 2 N–H and O–H groups in total. The van der Waals surface area contributed by atoms with Crippen LogP contribution in [0.2, 0.25) is 0 Å². The van der Waals surface area contributed by atoms with E-state index in [0.717, 1.165) is 42.4 Å². The largest absolute Gasteiger partial charge is 0.423 e. The summed E-state index contributed by atoms with van der Waals surface area (Å²) in [6.07, 6.45) is 1.84. The molecule has 3 heterocycles. The van der Waals surface area contributed by atoms with E-state index in [1.54, 1.807) is 11.3 Å². The van der Waals surface area contributed by atoms with Crippen molar-refractivity contribution in [3.05, 3.63) is 29.8 Å². The summed E-state index contributed by atoms with van der Waals surface area (Å²) in [7, 11) is 0. The number of anilines is 3. The molecule has 0 bridgehead atoms. The summed E-state index contributed by atoms with van der Waals surface area (Å²) in [6.45, 7) is 3.60. The smallest absolute Gasteiger partial charge is 0.298 e. The summed E-state index contributed by atoms with van der Waals surface area (Å²) >= 11 is 1.68. The van der Waals surface area contributed by atoms with Gasteiger partial charge in [0.25, 0.3) is 6.01 Å². The summed E-state index contributed by atoms with van der Waals surface area (Å²) in [5, 5.41) is 3.09. The minimum absolute atomic E-state index is 0.675. The van der Waals surface area contributed by atoms with Crippen molar-refractivity contribution in [1.82, 2.24) is 9.97 Å². The van der Waals surface area contributed by atoms with Crippen LogP contribution in [0, 0.1) is 0 Å². The Kier molecular flexibility index (Phi) is 2.92. The number of benzene rings is 1. The van der Waals surface area contributed by atoms with Crippen molar-refractivity contribution >= 4 is 39.3 Å². The van der Waals surface area contributed by atoms with Gasteiger partial charge in [-0.1, -0.05) is 0 Å². The third-order valence-electron chi connectivity index (χ3n) is 3.64. The molecule has 1 saturated heterocycles. The highest BCUT2D eigenvalue weighted by molar-refractivity contribution is 7.13. The summed E-state index contributed by atoms with van der Waals surface area (Å²) in [5.41, 5.74) is 8.07. The van der Waals surface area contributed by atoms with Crippen LogP contribution < -0.4 is 15.5 Å². The number of aromatic nitrogens is 2. The molecule has 1 aliphatic rings. The van der Waals surface area contributed by atoms with Crippen molar-refractivity contribution in [3.8, 4) is 0 Å². The van der Waals surface area contributed by atoms with Gasteiger partial charge in [-0.05, 0) is 18.2 Å². The quantitative estimate of drug-likeness (QED) is 0.732. The first-order valence-electron chi connectivity index (χ1n) is 6.85. The van der Waals surface area contributed by atoms with Crippen LogP contribution in [-0.2, 0) is 0 Å². The van der Waals surface area contributed by atoms with Gasteiger partial charge in [-0.15, -0.1) is 11.3 Å². The number of nitrogens with zero attached hydrogens (tertiary/aromatic N) is 4. The number of hydrogen-bond acceptors (Lipinski definition) is 7. The predicted octanol–water partition coefficient (Wildman–Crippen LogP) is 2.19. The third kappa shape index (κ3) is 2.29. The van der Waals surface area contributed by atoms with Crippen LogP contribution in [-0.4, -0.2) is 36.1 Å². The van der Waals surface area contributed by atoms with Gasteiger partial charge in [-0.3, -0.25) is 0 Å². The van der Waals surface area contributed by atoms with Crippen LogP contribution >= 0.6 is 11.3 Å². The Bertz CT molecular complexity index is 746. The number of piperazine rings is 1. The minimum atomic E-state index is 0.675. The van der Waals surface area contributed by atoms with E-state index < -0.39 is 0 Å². The van der Waals surface area contributed by atoms with Gasteiger partial charge in [0, 0.05) is 43.4 Å². The fourth-order valence-electron chi connectivity index (χ4n) is 2.53. The zero-order valence-electron chi connectivity index (χ0n) is 11.4. The lowest BCUT2D eigenvalue weighted by Crippen LogP contribution is -2.46. The van der Waals surface area contributed by atoms with Crippen molar-refractivity contribution in [2.24, 2.45) is 0 Å². The molecule has 0 spiro atoms. The molecule has 1 fully saturated rings. The van der Waals surface area contributed by atoms with Crippen molar-refractivity contribution in [2.75, 3.05) is 41.7 Å². The molecule has 7 heteroatoms. The maximum Gasteiger partial charge on any atom is 0.298 e. The lowest BCUT2D eigenvalue weighted by Gasteiger charge is -2.33. The van der Waals surface area contributed by atoms with E-state index in [-0.39, 0.29) is 0 Å². The molecule has 3 aromatic rings. The highest BCUT2D eigenvalue weighted by Gasteiger charge is 2.22. The third-order valence-corrected chi connectivity index (χ3v) is 4.47. The zero-order chi connectivity index (χ0) is 14.2. The average molecular weight is 301 g/mol. The molecule has 0 amide bonds. The molecule has 0 unspecified atom stereocenters. The summed E-state index contributed by atoms with van der Waals surface area (Å²) in [5.74, 6) is 0. The van der Waals surface area contributed by atoms with E-state index in [1.807, 2.05) is 29.8 Å². The minimum Gasteiger partial charge on any atom is -0.423 e. The zero-order valence-corrected chi connectivity index (χ0v) is 12.2. The fourth-order valence-corrected chi connectivity index (χ4v) is 3.23. The molecule has 1 aliphatic heterocycles. The molecule has 0 saturated carbocycles. The normalized spacial score (nSPS) is 15.8. The SMILES string of the molecule is Nc1ccc2oc(N3CCN(c4nccs4)CC3)nc2c1. The van der Waals surface area contributed by atoms with Gasteiger partial charge in [0.15, 0.2) is 10.7 Å². The van der Waals surface area contributed by atoms with Gasteiger partial charge < -0.3 is 20.0 Å². The second-order valence-corrected chi connectivity index (χ2v) is 5.89. The average Bonchev–Trinajstić information content (AvgIpc) is 3.16. The van der Waals surface area contributed by atoms with E-state index in [4.69, 9.17) is 10.2 Å². The maximum atomic E-state index is 5.82. The van der Waals surface area contributed by atoms with E-state index in [0.29, 0.717) is 11.7 Å². The number of oxazole rings is 1. The number of thiazole rings is 1. The highest BCUT2D eigenvalue weighted by atomic mass is 32.1.